The largest absolute Gasteiger partial charge is 0.393 e. The van der Waals surface area contributed by atoms with Crippen LogP contribution in [0.15, 0.2) is 11.1 Å². The van der Waals surface area contributed by atoms with Crippen molar-refractivity contribution >= 4 is 0 Å². The van der Waals surface area contributed by atoms with Crippen LogP contribution in [0.4, 0.5) is 0 Å². The van der Waals surface area contributed by atoms with Crippen LogP contribution in [0.2, 0.25) is 0 Å². The Balaban J connectivity index is 1.41. The van der Waals surface area contributed by atoms with E-state index in [1.165, 1.54) is 19.3 Å². The molecule has 0 aromatic carbocycles. The van der Waals surface area contributed by atoms with Crippen molar-refractivity contribution in [2.24, 2.45) is 46.8 Å². The molecule has 0 aromatic heterocycles. The van der Waals surface area contributed by atoms with Gasteiger partial charge in [0.2, 0.25) is 0 Å². The Morgan fingerprint density at radius 2 is 1.75 bits per heavy atom. The molecule has 0 spiro atoms. The number of rotatable bonds is 2. The fourth-order valence-electron chi connectivity index (χ4n) is 9.81. The third-order valence-corrected chi connectivity index (χ3v) is 11.3. The first-order valence-electron chi connectivity index (χ1n) is 13.6. The minimum absolute atomic E-state index is 0.170. The van der Waals surface area contributed by atoms with Gasteiger partial charge in [0, 0.05) is 12.6 Å². The van der Waals surface area contributed by atoms with E-state index >= 15 is 0 Å². The summed E-state index contributed by atoms with van der Waals surface area (Å²) >= 11 is 0. The van der Waals surface area contributed by atoms with Crippen molar-refractivity contribution in [1.29, 1.82) is 0 Å². The maximum Gasteiger partial charge on any atom is 0.0701 e. The van der Waals surface area contributed by atoms with Crippen molar-refractivity contribution in [2.45, 2.75) is 103 Å². The summed E-state index contributed by atoms with van der Waals surface area (Å²) in [5.74, 6) is 3.80. The zero-order valence-corrected chi connectivity index (χ0v) is 21.0. The fraction of sp³-hybridized carbons (Fsp3) is 0.929. The average Bonchev–Trinajstić information content (AvgIpc) is 3.09. The highest BCUT2D eigenvalue weighted by Crippen LogP contribution is 2.65. The Morgan fingerprint density at radius 1 is 1.00 bits per heavy atom. The quantitative estimate of drug-likeness (QED) is 0.557. The molecule has 3 saturated carbocycles. The lowest BCUT2D eigenvalue weighted by atomic mass is 9.51. The lowest BCUT2D eigenvalue weighted by molar-refractivity contribution is -0.129. The molecule has 0 unspecified atom stereocenters. The number of hydrogen-bond donors (Lipinski definition) is 3. The lowest BCUT2D eigenvalue weighted by Crippen LogP contribution is -2.54. The van der Waals surface area contributed by atoms with Crippen molar-refractivity contribution in [3.8, 4) is 0 Å². The number of fused-ring (bicyclic) bond motifs is 5. The van der Waals surface area contributed by atoms with Gasteiger partial charge in [-0.1, -0.05) is 31.9 Å². The predicted molar refractivity (Wildman–Crippen MR) is 128 cm³/mol. The second-order valence-corrected chi connectivity index (χ2v) is 13.0. The number of piperidine rings is 1. The van der Waals surface area contributed by atoms with E-state index in [0.29, 0.717) is 35.5 Å². The molecule has 4 heteroatoms. The maximum atomic E-state index is 11.1. The van der Waals surface area contributed by atoms with Crippen molar-refractivity contribution in [1.82, 2.24) is 4.90 Å². The lowest BCUT2D eigenvalue weighted by Gasteiger charge is -2.55. The van der Waals surface area contributed by atoms with Crippen LogP contribution in [0, 0.1) is 46.8 Å². The molecule has 1 saturated heterocycles. The van der Waals surface area contributed by atoms with Crippen LogP contribution in [0.25, 0.3) is 0 Å². The monoisotopic (exact) mass is 445 g/mol. The van der Waals surface area contributed by atoms with Gasteiger partial charge in [0.25, 0.3) is 0 Å². The van der Waals surface area contributed by atoms with E-state index in [0.717, 1.165) is 38.6 Å². The number of allylic oxidation sites excluding steroid dienone is 2. The summed E-state index contributed by atoms with van der Waals surface area (Å²) in [5, 5.41) is 32.4. The van der Waals surface area contributed by atoms with Gasteiger partial charge in [-0.15, -0.1) is 0 Å². The topological polar surface area (TPSA) is 63.9 Å². The standard InChI is InChI=1S/C28H47NO3/c1-15-10-26(32)27(29(5)14-15)17(3)19-6-7-20-21(16(19)2)12-23-22(20)13-25(31)24-11-18(30)8-9-28(23,24)4/h15,17-20,22-27,30-32H,6-14H2,1-5H3/t15-,17-,18+,19-,20-,22+,23+,24-,25-,26-,27-,28-/m1/s1. The van der Waals surface area contributed by atoms with Crippen LogP contribution in [0.3, 0.4) is 0 Å². The molecule has 0 radical (unpaired) electrons. The zero-order valence-electron chi connectivity index (χ0n) is 21.0. The van der Waals surface area contributed by atoms with Crippen LogP contribution in [-0.4, -0.2) is 58.2 Å². The molecule has 32 heavy (non-hydrogen) atoms. The molecule has 3 N–H and O–H groups in total. The Bertz CT molecular complexity index is 739. The Hall–Kier alpha value is -0.420. The van der Waals surface area contributed by atoms with Crippen molar-refractivity contribution < 1.29 is 15.3 Å². The van der Waals surface area contributed by atoms with Gasteiger partial charge < -0.3 is 20.2 Å². The molecule has 0 amide bonds. The van der Waals surface area contributed by atoms with E-state index < -0.39 is 0 Å². The molecule has 5 aliphatic rings. The summed E-state index contributed by atoms with van der Waals surface area (Å²) in [4.78, 5) is 2.43. The number of likely N-dealkylation sites (tertiary alicyclic amines) is 1. The van der Waals surface area contributed by atoms with Gasteiger partial charge in [-0.05, 0) is 112 Å². The first-order valence-corrected chi connectivity index (χ1v) is 13.6. The van der Waals surface area contributed by atoms with E-state index in [4.69, 9.17) is 0 Å². The second-order valence-electron chi connectivity index (χ2n) is 13.0. The number of hydrogen-bond acceptors (Lipinski definition) is 4. The Labute approximate surface area is 195 Å². The molecule has 12 atom stereocenters. The molecule has 4 fully saturated rings. The normalized spacial score (nSPS) is 52.9. The molecule has 182 valence electrons. The number of nitrogens with zero attached hydrogens (tertiary/aromatic N) is 1. The number of aliphatic hydroxyl groups is 3. The van der Waals surface area contributed by atoms with Gasteiger partial charge >= 0.3 is 0 Å². The predicted octanol–water partition coefficient (Wildman–Crippen LogP) is 4.23. The van der Waals surface area contributed by atoms with Gasteiger partial charge in [-0.3, -0.25) is 0 Å². The average molecular weight is 446 g/mol. The summed E-state index contributed by atoms with van der Waals surface area (Å²) in [7, 11) is 2.21. The summed E-state index contributed by atoms with van der Waals surface area (Å²) in [5.41, 5.74) is 3.50. The molecule has 1 aliphatic heterocycles. The van der Waals surface area contributed by atoms with Crippen molar-refractivity contribution in [3.63, 3.8) is 0 Å². The minimum Gasteiger partial charge on any atom is -0.393 e. The first-order chi connectivity index (χ1) is 15.1. The van der Waals surface area contributed by atoms with E-state index in [2.05, 4.69) is 39.6 Å². The molecule has 4 aliphatic carbocycles. The minimum atomic E-state index is -0.250. The Kier molecular flexibility index (Phi) is 6.09. The van der Waals surface area contributed by atoms with E-state index in [9.17, 15) is 15.3 Å². The van der Waals surface area contributed by atoms with Crippen molar-refractivity contribution in [3.05, 3.63) is 11.1 Å². The van der Waals surface area contributed by atoms with Gasteiger partial charge in [0.1, 0.15) is 0 Å². The maximum absolute atomic E-state index is 11.1. The van der Waals surface area contributed by atoms with Crippen molar-refractivity contribution in [2.75, 3.05) is 13.6 Å². The molecule has 0 bridgehead atoms. The highest BCUT2D eigenvalue weighted by molar-refractivity contribution is 5.30. The highest BCUT2D eigenvalue weighted by atomic mass is 16.3. The summed E-state index contributed by atoms with van der Waals surface area (Å²) < 4.78 is 0. The zero-order chi connectivity index (χ0) is 22.9. The first kappa shape index (κ1) is 23.3. The van der Waals surface area contributed by atoms with Gasteiger partial charge in [0.05, 0.1) is 18.3 Å². The molecular formula is C28H47NO3. The van der Waals surface area contributed by atoms with E-state index in [1.54, 1.807) is 11.1 Å². The number of likely N-dealkylation sites (N-methyl/N-ethyl adjacent to an activating group) is 1. The summed E-state index contributed by atoms with van der Waals surface area (Å²) in [6, 6.07) is 0.260. The number of aliphatic hydroxyl groups excluding tert-OH is 3. The molecule has 4 nitrogen and oxygen atoms in total. The SMILES string of the molecule is CC1=C2C[C@H]3[C@@H](C[C@@H](O)[C@H]4C[C@@H](O)CC[C@@]43C)[C@@H]2CC[C@H]1[C@@H](C)[C@@H]1[C@H](O)C[C@@H](C)CN1C. The van der Waals surface area contributed by atoms with Gasteiger partial charge in [-0.2, -0.15) is 0 Å². The third kappa shape index (κ3) is 3.54. The summed E-state index contributed by atoms with van der Waals surface area (Å²) in [6.45, 7) is 10.6. The fourth-order valence-corrected chi connectivity index (χ4v) is 9.81. The van der Waals surface area contributed by atoms with E-state index in [-0.39, 0.29) is 35.7 Å². The summed E-state index contributed by atoms with van der Waals surface area (Å²) in [6.07, 6.45) is 7.60. The van der Waals surface area contributed by atoms with Crippen LogP contribution in [0.1, 0.15) is 79.1 Å². The molecule has 1 heterocycles. The van der Waals surface area contributed by atoms with Gasteiger partial charge in [0.15, 0.2) is 0 Å². The van der Waals surface area contributed by atoms with Crippen LogP contribution in [-0.2, 0) is 0 Å². The van der Waals surface area contributed by atoms with Crippen LogP contribution >= 0.6 is 0 Å². The van der Waals surface area contributed by atoms with E-state index in [1.807, 2.05) is 0 Å². The third-order valence-electron chi connectivity index (χ3n) is 11.3. The second kappa shape index (κ2) is 8.36. The van der Waals surface area contributed by atoms with Crippen LogP contribution < -0.4 is 0 Å². The highest BCUT2D eigenvalue weighted by Gasteiger charge is 2.59. The van der Waals surface area contributed by atoms with Gasteiger partial charge in [-0.25, -0.2) is 0 Å². The molecule has 0 aromatic rings. The smallest absolute Gasteiger partial charge is 0.0701 e. The Morgan fingerprint density at radius 3 is 2.47 bits per heavy atom. The molecular weight excluding hydrogens is 398 g/mol. The molecule has 5 rings (SSSR count). The van der Waals surface area contributed by atoms with Crippen LogP contribution in [0.5, 0.6) is 0 Å².